The summed E-state index contributed by atoms with van der Waals surface area (Å²) in [6.45, 7) is 4.31. The Morgan fingerprint density at radius 2 is 1.93 bits per heavy atom. The highest BCUT2D eigenvalue weighted by Crippen LogP contribution is 2.08. The number of hydrogen-bond donors (Lipinski definition) is 1. The molecule has 0 aliphatic heterocycles. The molecular weight excluding hydrogens is 190 g/mol. The van der Waals surface area contributed by atoms with Crippen LogP contribution in [0.3, 0.4) is 0 Å². The molecule has 0 aromatic heterocycles. The second-order valence-corrected chi connectivity index (χ2v) is 4.28. The molecule has 0 amide bonds. The Bertz CT molecular complexity index is 260. The Hall–Kier alpha value is -0.470. The molecule has 0 saturated carbocycles. The van der Waals surface area contributed by atoms with Crippen molar-refractivity contribution in [1.82, 2.24) is 5.32 Å². The summed E-state index contributed by atoms with van der Waals surface area (Å²) >= 11 is 1.88. The van der Waals surface area contributed by atoms with Crippen LogP contribution in [0.25, 0.3) is 0 Å². The fourth-order valence-electron chi connectivity index (χ4n) is 1.47. The third-order valence-electron chi connectivity index (χ3n) is 2.30. The van der Waals surface area contributed by atoms with Crippen LogP contribution < -0.4 is 5.32 Å². The van der Waals surface area contributed by atoms with Crippen LogP contribution in [0.1, 0.15) is 18.1 Å². The summed E-state index contributed by atoms with van der Waals surface area (Å²) in [4.78, 5) is 0. The Balaban J connectivity index is 2.41. The molecule has 0 atom stereocenters. The first kappa shape index (κ1) is 11.6. The molecule has 0 spiro atoms. The molecule has 0 aliphatic carbocycles. The summed E-state index contributed by atoms with van der Waals surface area (Å²) in [6.07, 6.45) is 3.27. The van der Waals surface area contributed by atoms with Crippen LogP contribution in [0.5, 0.6) is 0 Å². The van der Waals surface area contributed by atoms with Gasteiger partial charge in [0.15, 0.2) is 0 Å². The molecule has 1 nitrogen and oxygen atoms in total. The standard InChI is InChI=1S/C12H19NS/c1-3-11-6-4-5-7-12(11)10-13-8-9-14-2/h4-7,13H,3,8-10H2,1-2H3. The van der Waals surface area contributed by atoms with Gasteiger partial charge in [-0.3, -0.25) is 0 Å². The highest BCUT2D eigenvalue weighted by atomic mass is 32.2. The van der Waals surface area contributed by atoms with Crippen molar-refractivity contribution in [2.75, 3.05) is 18.6 Å². The van der Waals surface area contributed by atoms with Crippen LogP contribution in [0.2, 0.25) is 0 Å². The summed E-state index contributed by atoms with van der Waals surface area (Å²) in [5.74, 6) is 1.19. The van der Waals surface area contributed by atoms with E-state index in [0.717, 1.165) is 19.5 Å². The predicted molar refractivity (Wildman–Crippen MR) is 65.9 cm³/mol. The van der Waals surface area contributed by atoms with Crippen molar-refractivity contribution in [3.05, 3.63) is 35.4 Å². The van der Waals surface area contributed by atoms with E-state index in [4.69, 9.17) is 0 Å². The average Bonchev–Trinajstić information content (AvgIpc) is 2.25. The molecule has 0 fully saturated rings. The van der Waals surface area contributed by atoms with E-state index in [2.05, 4.69) is 42.8 Å². The minimum atomic E-state index is 1.00. The number of hydrogen-bond acceptors (Lipinski definition) is 2. The van der Waals surface area contributed by atoms with Gasteiger partial charge in [0.25, 0.3) is 0 Å². The van der Waals surface area contributed by atoms with Crippen molar-refractivity contribution in [3.63, 3.8) is 0 Å². The zero-order valence-electron chi connectivity index (χ0n) is 9.05. The highest BCUT2D eigenvalue weighted by Gasteiger charge is 1.97. The Morgan fingerprint density at radius 1 is 1.21 bits per heavy atom. The monoisotopic (exact) mass is 209 g/mol. The number of rotatable bonds is 6. The number of nitrogens with one attached hydrogen (secondary N) is 1. The molecule has 0 heterocycles. The molecule has 2 heteroatoms. The Morgan fingerprint density at radius 3 is 2.57 bits per heavy atom. The Kier molecular flexibility index (Phi) is 5.72. The van der Waals surface area contributed by atoms with Crippen LogP contribution in [0.4, 0.5) is 0 Å². The van der Waals surface area contributed by atoms with E-state index in [1.54, 1.807) is 0 Å². The molecular formula is C12H19NS. The highest BCUT2D eigenvalue weighted by molar-refractivity contribution is 7.98. The molecule has 1 aromatic carbocycles. The molecule has 1 aromatic rings. The van der Waals surface area contributed by atoms with Gasteiger partial charge >= 0.3 is 0 Å². The van der Waals surface area contributed by atoms with E-state index in [-0.39, 0.29) is 0 Å². The largest absolute Gasteiger partial charge is 0.312 e. The van der Waals surface area contributed by atoms with Crippen molar-refractivity contribution in [2.24, 2.45) is 0 Å². The molecule has 14 heavy (non-hydrogen) atoms. The maximum absolute atomic E-state index is 3.46. The van der Waals surface area contributed by atoms with Gasteiger partial charge in [-0.2, -0.15) is 11.8 Å². The molecule has 0 radical (unpaired) electrons. The molecule has 78 valence electrons. The van der Waals surface area contributed by atoms with Gasteiger partial charge in [0, 0.05) is 18.8 Å². The molecule has 0 saturated heterocycles. The first-order chi connectivity index (χ1) is 6.88. The van der Waals surface area contributed by atoms with Crippen LogP contribution >= 0.6 is 11.8 Å². The van der Waals surface area contributed by atoms with Gasteiger partial charge < -0.3 is 5.32 Å². The zero-order chi connectivity index (χ0) is 10.2. The van der Waals surface area contributed by atoms with Gasteiger partial charge in [0.2, 0.25) is 0 Å². The van der Waals surface area contributed by atoms with Gasteiger partial charge in [0.05, 0.1) is 0 Å². The molecule has 0 aliphatic rings. The second kappa shape index (κ2) is 6.91. The van der Waals surface area contributed by atoms with Crippen molar-refractivity contribution in [3.8, 4) is 0 Å². The maximum Gasteiger partial charge on any atom is 0.0208 e. The minimum absolute atomic E-state index is 1.00. The van der Waals surface area contributed by atoms with E-state index in [1.165, 1.54) is 16.9 Å². The smallest absolute Gasteiger partial charge is 0.0208 e. The maximum atomic E-state index is 3.46. The lowest BCUT2D eigenvalue weighted by molar-refractivity contribution is 0.726. The number of thioether (sulfide) groups is 1. The third kappa shape index (κ3) is 3.72. The minimum Gasteiger partial charge on any atom is -0.312 e. The Labute approximate surface area is 91.3 Å². The second-order valence-electron chi connectivity index (χ2n) is 3.29. The van der Waals surface area contributed by atoms with Gasteiger partial charge in [0.1, 0.15) is 0 Å². The van der Waals surface area contributed by atoms with Gasteiger partial charge in [-0.15, -0.1) is 0 Å². The van der Waals surface area contributed by atoms with E-state index in [9.17, 15) is 0 Å². The van der Waals surface area contributed by atoms with E-state index < -0.39 is 0 Å². The summed E-state index contributed by atoms with van der Waals surface area (Å²) in [5.41, 5.74) is 2.90. The van der Waals surface area contributed by atoms with Crippen molar-refractivity contribution >= 4 is 11.8 Å². The van der Waals surface area contributed by atoms with Gasteiger partial charge in [-0.25, -0.2) is 0 Å². The van der Waals surface area contributed by atoms with E-state index in [0.29, 0.717) is 0 Å². The first-order valence-electron chi connectivity index (χ1n) is 5.15. The SMILES string of the molecule is CCc1ccccc1CNCCSC. The molecule has 0 bridgehead atoms. The summed E-state index contributed by atoms with van der Waals surface area (Å²) < 4.78 is 0. The summed E-state index contributed by atoms with van der Waals surface area (Å²) in [6, 6.07) is 8.66. The molecule has 1 rings (SSSR count). The van der Waals surface area contributed by atoms with Crippen LogP contribution in [0, 0.1) is 0 Å². The van der Waals surface area contributed by atoms with Crippen molar-refractivity contribution < 1.29 is 0 Å². The van der Waals surface area contributed by atoms with Crippen LogP contribution in [0.15, 0.2) is 24.3 Å². The molecule has 0 unspecified atom stereocenters. The van der Waals surface area contributed by atoms with Gasteiger partial charge in [-0.05, 0) is 23.8 Å². The van der Waals surface area contributed by atoms with Gasteiger partial charge in [-0.1, -0.05) is 31.2 Å². The summed E-state index contributed by atoms with van der Waals surface area (Å²) in [7, 11) is 0. The van der Waals surface area contributed by atoms with Crippen molar-refractivity contribution in [1.29, 1.82) is 0 Å². The lowest BCUT2D eigenvalue weighted by atomic mass is 10.1. The number of benzene rings is 1. The topological polar surface area (TPSA) is 12.0 Å². The van der Waals surface area contributed by atoms with E-state index in [1.807, 2.05) is 11.8 Å². The third-order valence-corrected chi connectivity index (χ3v) is 2.91. The lowest BCUT2D eigenvalue weighted by Crippen LogP contribution is -2.17. The first-order valence-corrected chi connectivity index (χ1v) is 6.54. The van der Waals surface area contributed by atoms with Crippen LogP contribution in [-0.4, -0.2) is 18.6 Å². The fraction of sp³-hybridized carbons (Fsp3) is 0.500. The lowest BCUT2D eigenvalue weighted by Gasteiger charge is -2.08. The normalized spacial score (nSPS) is 10.4. The van der Waals surface area contributed by atoms with Crippen molar-refractivity contribution in [2.45, 2.75) is 19.9 Å². The number of aryl methyl sites for hydroxylation is 1. The average molecular weight is 209 g/mol. The van der Waals surface area contributed by atoms with E-state index >= 15 is 0 Å². The fourth-order valence-corrected chi connectivity index (χ4v) is 1.82. The quantitative estimate of drug-likeness (QED) is 0.723. The zero-order valence-corrected chi connectivity index (χ0v) is 9.86. The van der Waals surface area contributed by atoms with Crippen LogP contribution in [-0.2, 0) is 13.0 Å². The molecule has 1 N–H and O–H groups in total. The summed E-state index contributed by atoms with van der Waals surface area (Å²) in [5, 5.41) is 3.46. The predicted octanol–water partition coefficient (Wildman–Crippen LogP) is 2.70.